The molecule has 12 heteroatoms. The summed E-state index contributed by atoms with van der Waals surface area (Å²) in [6, 6.07) is 5.79. The van der Waals surface area contributed by atoms with Crippen LogP contribution >= 0.6 is 0 Å². The van der Waals surface area contributed by atoms with Crippen LogP contribution < -0.4 is 10.1 Å². The van der Waals surface area contributed by atoms with Gasteiger partial charge in [0.15, 0.2) is 17.7 Å². The summed E-state index contributed by atoms with van der Waals surface area (Å²) in [4.78, 5) is 16.9. The summed E-state index contributed by atoms with van der Waals surface area (Å²) in [5.41, 5.74) is 2.46. The second-order valence-corrected chi connectivity index (χ2v) is 10.6. The molecule has 4 aromatic rings. The summed E-state index contributed by atoms with van der Waals surface area (Å²) in [6.07, 6.45) is 5.06. The van der Waals surface area contributed by atoms with Gasteiger partial charge in [-0.1, -0.05) is 5.16 Å². The number of benzene rings is 1. The Hall–Kier alpha value is -3.80. The van der Waals surface area contributed by atoms with Crippen molar-refractivity contribution in [1.82, 2.24) is 19.8 Å². The first-order valence-electron chi connectivity index (χ1n) is 10.2. The first-order valence-corrected chi connectivity index (χ1v) is 12.6. The SMILES string of the molecule is Cc1cc([C@@H](C)Oc2cc(F)ccc2Nc2ncnn3cc(C(=O)N=S(C)(C)=O)c(C)c23)on1. The number of ether oxygens (including phenoxy) is 1. The summed E-state index contributed by atoms with van der Waals surface area (Å²) in [5, 5.41) is 11.2. The number of anilines is 2. The van der Waals surface area contributed by atoms with Crippen molar-refractivity contribution in [2.75, 3.05) is 17.8 Å². The highest BCUT2D eigenvalue weighted by Crippen LogP contribution is 2.34. The third-order valence-electron chi connectivity index (χ3n) is 4.91. The number of amides is 1. The number of fused-ring (bicyclic) bond motifs is 1. The maximum absolute atomic E-state index is 14.0. The van der Waals surface area contributed by atoms with Crippen molar-refractivity contribution in [2.24, 2.45) is 4.36 Å². The number of rotatable bonds is 6. The van der Waals surface area contributed by atoms with Crippen LogP contribution in [0, 0.1) is 19.7 Å². The summed E-state index contributed by atoms with van der Waals surface area (Å²) >= 11 is 0. The van der Waals surface area contributed by atoms with Crippen LogP contribution in [-0.4, -0.2) is 42.4 Å². The lowest BCUT2D eigenvalue weighted by atomic mass is 10.2. The van der Waals surface area contributed by atoms with Gasteiger partial charge in [-0.05, 0) is 38.5 Å². The Kier molecular flexibility index (Phi) is 6.09. The van der Waals surface area contributed by atoms with E-state index in [4.69, 9.17) is 9.26 Å². The normalized spacial score (nSPS) is 12.5. The van der Waals surface area contributed by atoms with Crippen LogP contribution in [0.2, 0.25) is 0 Å². The van der Waals surface area contributed by atoms with Gasteiger partial charge in [-0.2, -0.15) is 9.46 Å². The highest BCUT2D eigenvalue weighted by Gasteiger charge is 2.20. The van der Waals surface area contributed by atoms with E-state index < -0.39 is 27.6 Å². The number of hydrogen-bond donors (Lipinski definition) is 1. The Morgan fingerprint density at radius 3 is 2.74 bits per heavy atom. The molecule has 4 rings (SSSR count). The third kappa shape index (κ3) is 4.91. The summed E-state index contributed by atoms with van der Waals surface area (Å²) in [5.74, 6) is -0.00307. The molecule has 1 amide bonds. The van der Waals surface area contributed by atoms with E-state index in [9.17, 15) is 13.4 Å². The van der Waals surface area contributed by atoms with E-state index in [1.54, 1.807) is 26.8 Å². The molecule has 1 atom stereocenters. The topological polar surface area (TPSA) is 124 Å². The smallest absolute Gasteiger partial charge is 0.286 e. The second kappa shape index (κ2) is 8.86. The van der Waals surface area contributed by atoms with Gasteiger partial charge in [-0.3, -0.25) is 4.79 Å². The number of carbonyl (C=O) groups is 1. The molecule has 0 bridgehead atoms. The molecule has 3 heterocycles. The molecular weight excluding hydrogens is 463 g/mol. The molecule has 0 unspecified atom stereocenters. The van der Waals surface area contributed by atoms with Gasteiger partial charge in [0.1, 0.15) is 23.4 Å². The lowest BCUT2D eigenvalue weighted by molar-refractivity contribution is 0.100. The van der Waals surface area contributed by atoms with E-state index in [-0.39, 0.29) is 11.3 Å². The Morgan fingerprint density at radius 2 is 2.06 bits per heavy atom. The standard InChI is InChI=1S/C22H23FN6O4S/c1-12-8-18(33-27-12)14(3)32-19-9-15(23)6-7-17(19)26-21-20-13(2)16(10-29(20)25-11-24-21)22(30)28-34(4,5)31/h6-11,14H,1-5H3,(H,24,25,26)/t14-/m1/s1. The van der Waals surface area contributed by atoms with Crippen molar-refractivity contribution in [1.29, 1.82) is 0 Å². The molecule has 0 spiro atoms. The van der Waals surface area contributed by atoms with Gasteiger partial charge in [0.25, 0.3) is 5.91 Å². The summed E-state index contributed by atoms with van der Waals surface area (Å²) in [7, 11) is -2.63. The fourth-order valence-corrected chi connectivity index (χ4v) is 3.86. The summed E-state index contributed by atoms with van der Waals surface area (Å²) < 4.78 is 42.5. The highest BCUT2D eigenvalue weighted by molar-refractivity contribution is 7.92. The zero-order valence-electron chi connectivity index (χ0n) is 19.2. The van der Waals surface area contributed by atoms with Crippen LogP contribution in [0.4, 0.5) is 15.9 Å². The zero-order chi connectivity index (χ0) is 24.6. The maximum atomic E-state index is 14.0. The third-order valence-corrected chi connectivity index (χ3v) is 5.51. The Bertz CT molecular complexity index is 1510. The Labute approximate surface area is 195 Å². The molecule has 3 aromatic heterocycles. The van der Waals surface area contributed by atoms with Crippen LogP contribution in [0.25, 0.3) is 5.52 Å². The maximum Gasteiger partial charge on any atom is 0.286 e. The highest BCUT2D eigenvalue weighted by atomic mass is 32.2. The molecule has 10 nitrogen and oxygen atoms in total. The van der Waals surface area contributed by atoms with Crippen LogP contribution in [0.3, 0.4) is 0 Å². The van der Waals surface area contributed by atoms with Crippen molar-refractivity contribution in [3.8, 4) is 5.75 Å². The molecule has 178 valence electrons. The van der Waals surface area contributed by atoms with Gasteiger partial charge in [0.05, 0.1) is 16.9 Å². The second-order valence-electron chi connectivity index (χ2n) is 8.04. The minimum atomic E-state index is -2.63. The van der Waals surface area contributed by atoms with E-state index in [0.29, 0.717) is 34.0 Å². The average Bonchev–Trinajstić information content (AvgIpc) is 3.33. The average molecular weight is 487 g/mol. The van der Waals surface area contributed by atoms with Gasteiger partial charge in [-0.25, -0.2) is 18.1 Å². The van der Waals surface area contributed by atoms with E-state index in [2.05, 4.69) is 24.9 Å². The number of aryl methyl sites for hydroxylation is 2. The van der Waals surface area contributed by atoms with Crippen LogP contribution in [0.5, 0.6) is 5.75 Å². The predicted octanol–water partition coefficient (Wildman–Crippen LogP) is 4.22. The molecule has 34 heavy (non-hydrogen) atoms. The van der Waals surface area contributed by atoms with Crippen LogP contribution in [0.1, 0.15) is 40.4 Å². The summed E-state index contributed by atoms with van der Waals surface area (Å²) in [6.45, 7) is 5.27. The van der Waals surface area contributed by atoms with E-state index in [1.165, 1.54) is 47.8 Å². The lowest BCUT2D eigenvalue weighted by Gasteiger charge is -2.17. The van der Waals surface area contributed by atoms with Gasteiger partial charge in [-0.15, -0.1) is 0 Å². The lowest BCUT2D eigenvalue weighted by Crippen LogP contribution is -2.06. The molecule has 0 saturated carbocycles. The largest absolute Gasteiger partial charge is 0.480 e. The molecular formula is C22H23FN6O4S. The van der Waals surface area contributed by atoms with Crippen molar-refractivity contribution >= 4 is 32.7 Å². The molecule has 0 aliphatic rings. The molecule has 0 fully saturated rings. The minimum absolute atomic E-state index is 0.227. The first kappa shape index (κ1) is 23.4. The Balaban J connectivity index is 1.72. The van der Waals surface area contributed by atoms with Crippen LogP contribution in [0.15, 0.2) is 45.7 Å². The number of carbonyl (C=O) groups excluding carboxylic acids is 1. The van der Waals surface area contributed by atoms with Crippen LogP contribution in [-0.2, 0) is 9.73 Å². The van der Waals surface area contributed by atoms with Crippen molar-refractivity contribution in [3.05, 3.63) is 65.2 Å². The van der Waals surface area contributed by atoms with E-state index in [1.807, 2.05) is 0 Å². The van der Waals surface area contributed by atoms with Gasteiger partial charge < -0.3 is 14.6 Å². The van der Waals surface area contributed by atoms with Gasteiger partial charge in [0.2, 0.25) is 0 Å². The van der Waals surface area contributed by atoms with Gasteiger partial charge >= 0.3 is 0 Å². The fourth-order valence-electron chi connectivity index (χ4n) is 3.36. The first-order chi connectivity index (χ1) is 16.0. The molecule has 0 aliphatic heterocycles. The molecule has 1 aromatic carbocycles. The van der Waals surface area contributed by atoms with E-state index in [0.717, 1.165) is 0 Å². The number of nitrogens with zero attached hydrogens (tertiary/aromatic N) is 5. The van der Waals surface area contributed by atoms with Gasteiger partial charge in [0, 0.05) is 40.6 Å². The zero-order valence-corrected chi connectivity index (χ0v) is 20.0. The van der Waals surface area contributed by atoms with Crippen molar-refractivity contribution < 1.29 is 22.7 Å². The molecule has 0 aliphatic carbocycles. The van der Waals surface area contributed by atoms with Crippen molar-refractivity contribution in [2.45, 2.75) is 26.9 Å². The fraction of sp³-hybridized carbons (Fsp3) is 0.273. The van der Waals surface area contributed by atoms with E-state index >= 15 is 0 Å². The number of halogens is 1. The number of nitrogens with one attached hydrogen (secondary N) is 1. The molecule has 1 N–H and O–H groups in total. The Morgan fingerprint density at radius 1 is 1.29 bits per heavy atom. The predicted molar refractivity (Wildman–Crippen MR) is 124 cm³/mol. The number of aromatic nitrogens is 4. The quantitative estimate of drug-likeness (QED) is 0.429. The molecule has 0 saturated heterocycles. The number of hydrogen-bond acceptors (Lipinski definition) is 8. The molecule has 0 radical (unpaired) electrons. The van der Waals surface area contributed by atoms with Crippen molar-refractivity contribution in [3.63, 3.8) is 0 Å². The monoisotopic (exact) mass is 486 g/mol. The minimum Gasteiger partial charge on any atom is -0.480 e.